The largest absolute Gasteiger partial charge is 0.487 e. The van der Waals surface area contributed by atoms with Crippen molar-refractivity contribution in [1.29, 1.82) is 0 Å². The molecule has 0 amide bonds. The zero-order valence-electron chi connectivity index (χ0n) is 10.5. The number of rotatable bonds is 4. The molecule has 0 unspecified atom stereocenters. The standard InChI is InChI=1S/C14H14N2O3/c1-18-14(17)11-6-13(8-16-7-11)19-9-10-3-2-4-12(15)5-10/h2-8H,9,15H2,1H3. The molecule has 0 saturated heterocycles. The van der Waals surface area contributed by atoms with Gasteiger partial charge in [-0.2, -0.15) is 0 Å². The molecule has 0 bridgehead atoms. The van der Waals surface area contributed by atoms with E-state index in [0.29, 0.717) is 23.6 Å². The van der Waals surface area contributed by atoms with E-state index in [-0.39, 0.29) is 0 Å². The highest BCUT2D eigenvalue weighted by molar-refractivity contribution is 5.89. The Morgan fingerprint density at radius 2 is 2.16 bits per heavy atom. The second-order valence-electron chi connectivity index (χ2n) is 3.93. The Bertz CT molecular complexity index is 584. The lowest BCUT2D eigenvalue weighted by molar-refractivity contribution is 0.0599. The van der Waals surface area contributed by atoms with E-state index in [9.17, 15) is 4.79 Å². The van der Waals surface area contributed by atoms with Crippen LogP contribution in [0.2, 0.25) is 0 Å². The molecule has 1 aromatic heterocycles. The van der Waals surface area contributed by atoms with E-state index in [1.165, 1.54) is 13.3 Å². The molecule has 19 heavy (non-hydrogen) atoms. The predicted octanol–water partition coefficient (Wildman–Crippen LogP) is 2.03. The summed E-state index contributed by atoms with van der Waals surface area (Å²) in [6, 6.07) is 9.00. The van der Waals surface area contributed by atoms with Crippen molar-refractivity contribution < 1.29 is 14.3 Å². The average molecular weight is 258 g/mol. The molecule has 0 radical (unpaired) electrons. The van der Waals surface area contributed by atoms with E-state index in [4.69, 9.17) is 10.5 Å². The van der Waals surface area contributed by atoms with E-state index in [1.54, 1.807) is 12.3 Å². The predicted molar refractivity (Wildman–Crippen MR) is 70.8 cm³/mol. The number of methoxy groups -OCH3 is 1. The highest BCUT2D eigenvalue weighted by atomic mass is 16.5. The number of nitrogen functional groups attached to an aromatic ring is 1. The third-order valence-electron chi connectivity index (χ3n) is 2.49. The summed E-state index contributed by atoms with van der Waals surface area (Å²) >= 11 is 0. The summed E-state index contributed by atoms with van der Waals surface area (Å²) in [5, 5.41) is 0. The van der Waals surface area contributed by atoms with Gasteiger partial charge in [0.05, 0.1) is 18.9 Å². The van der Waals surface area contributed by atoms with Crippen molar-refractivity contribution in [3.8, 4) is 5.75 Å². The molecule has 0 atom stereocenters. The van der Waals surface area contributed by atoms with E-state index in [0.717, 1.165) is 5.56 Å². The highest BCUT2D eigenvalue weighted by Gasteiger charge is 2.07. The first-order valence-corrected chi connectivity index (χ1v) is 5.69. The van der Waals surface area contributed by atoms with Crippen molar-refractivity contribution in [2.45, 2.75) is 6.61 Å². The van der Waals surface area contributed by atoms with Crippen LogP contribution in [0.5, 0.6) is 5.75 Å². The Morgan fingerprint density at radius 1 is 1.32 bits per heavy atom. The number of carbonyl (C=O) groups excluding carboxylic acids is 1. The van der Waals surface area contributed by atoms with Gasteiger partial charge in [0.25, 0.3) is 0 Å². The lowest BCUT2D eigenvalue weighted by Crippen LogP contribution is -2.03. The van der Waals surface area contributed by atoms with Crippen LogP contribution < -0.4 is 10.5 Å². The molecule has 1 aromatic carbocycles. The van der Waals surface area contributed by atoms with E-state index in [2.05, 4.69) is 9.72 Å². The van der Waals surface area contributed by atoms with Gasteiger partial charge in [0, 0.05) is 11.9 Å². The van der Waals surface area contributed by atoms with Crippen LogP contribution in [0.4, 0.5) is 5.69 Å². The van der Waals surface area contributed by atoms with Gasteiger partial charge in [-0.25, -0.2) is 4.79 Å². The highest BCUT2D eigenvalue weighted by Crippen LogP contribution is 2.15. The first kappa shape index (κ1) is 12.9. The number of esters is 1. The molecule has 2 N–H and O–H groups in total. The number of aromatic nitrogens is 1. The smallest absolute Gasteiger partial charge is 0.339 e. The van der Waals surface area contributed by atoms with Gasteiger partial charge in [0.15, 0.2) is 0 Å². The maximum absolute atomic E-state index is 11.4. The van der Waals surface area contributed by atoms with E-state index < -0.39 is 5.97 Å². The number of pyridine rings is 1. The van der Waals surface area contributed by atoms with Crippen molar-refractivity contribution >= 4 is 11.7 Å². The van der Waals surface area contributed by atoms with Gasteiger partial charge >= 0.3 is 5.97 Å². The number of carbonyl (C=O) groups is 1. The fraction of sp³-hybridized carbons (Fsp3) is 0.143. The fourth-order valence-corrected chi connectivity index (χ4v) is 1.58. The van der Waals surface area contributed by atoms with Crippen molar-refractivity contribution in [2.75, 3.05) is 12.8 Å². The number of ether oxygens (including phenoxy) is 2. The van der Waals surface area contributed by atoms with Crippen LogP contribution in [0.25, 0.3) is 0 Å². The lowest BCUT2D eigenvalue weighted by atomic mass is 10.2. The SMILES string of the molecule is COC(=O)c1cncc(OCc2cccc(N)c2)c1. The number of hydrogen-bond acceptors (Lipinski definition) is 5. The lowest BCUT2D eigenvalue weighted by Gasteiger charge is -2.07. The fourth-order valence-electron chi connectivity index (χ4n) is 1.58. The summed E-state index contributed by atoms with van der Waals surface area (Å²) in [7, 11) is 1.32. The van der Waals surface area contributed by atoms with Gasteiger partial charge in [0.1, 0.15) is 12.4 Å². The van der Waals surface area contributed by atoms with Crippen LogP contribution in [-0.2, 0) is 11.3 Å². The average Bonchev–Trinajstić information content (AvgIpc) is 2.45. The molecule has 98 valence electrons. The summed E-state index contributed by atoms with van der Waals surface area (Å²) in [4.78, 5) is 15.3. The molecule has 0 aliphatic carbocycles. The van der Waals surface area contributed by atoms with Gasteiger partial charge in [-0.1, -0.05) is 12.1 Å². The summed E-state index contributed by atoms with van der Waals surface area (Å²) in [6.07, 6.45) is 2.97. The second-order valence-corrected chi connectivity index (χ2v) is 3.93. The first-order valence-electron chi connectivity index (χ1n) is 5.69. The van der Waals surface area contributed by atoms with Crippen LogP contribution in [0.3, 0.4) is 0 Å². The summed E-state index contributed by atoms with van der Waals surface area (Å²) < 4.78 is 10.2. The molecule has 0 aliphatic heterocycles. The van der Waals surface area contributed by atoms with Gasteiger partial charge < -0.3 is 15.2 Å². The monoisotopic (exact) mass is 258 g/mol. The van der Waals surface area contributed by atoms with Gasteiger partial charge in [-0.15, -0.1) is 0 Å². The molecule has 5 nitrogen and oxygen atoms in total. The van der Waals surface area contributed by atoms with Gasteiger partial charge in [-0.05, 0) is 23.8 Å². The second kappa shape index (κ2) is 5.86. The molecule has 1 heterocycles. The number of nitrogens with two attached hydrogens (primary N) is 1. The Labute approximate surface area is 111 Å². The van der Waals surface area contributed by atoms with Crippen LogP contribution in [0.1, 0.15) is 15.9 Å². The number of nitrogens with zero attached hydrogens (tertiary/aromatic N) is 1. The van der Waals surface area contributed by atoms with Crippen molar-refractivity contribution in [1.82, 2.24) is 4.98 Å². The normalized spacial score (nSPS) is 9.95. The van der Waals surface area contributed by atoms with Crippen LogP contribution in [-0.4, -0.2) is 18.1 Å². The molecule has 2 rings (SSSR count). The number of hydrogen-bond donors (Lipinski definition) is 1. The molecular weight excluding hydrogens is 244 g/mol. The number of benzene rings is 1. The van der Waals surface area contributed by atoms with Gasteiger partial charge in [0.2, 0.25) is 0 Å². The first-order chi connectivity index (χ1) is 9.19. The Kier molecular flexibility index (Phi) is 3.97. The topological polar surface area (TPSA) is 74.4 Å². The van der Waals surface area contributed by atoms with Crippen LogP contribution in [0.15, 0.2) is 42.7 Å². The summed E-state index contributed by atoms with van der Waals surface area (Å²) in [5.74, 6) is 0.0623. The maximum atomic E-state index is 11.4. The van der Waals surface area contributed by atoms with Crippen LogP contribution in [0, 0.1) is 0 Å². The molecular formula is C14H14N2O3. The van der Waals surface area contributed by atoms with Crippen molar-refractivity contribution in [3.05, 3.63) is 53.9 Å². The minimum Gasteiger partial charge on any atom is -0.487 e. The van der Waals surface area contributed by atoms with Gasteiger partial charge in [-0.3, -0.25) is 4.98 Å². The molecule has 0 saturated carbocycles. The third kappa shape index (κ3) is 3.45. The van der Waals surface area contributed by atoms with Crippen molar-refractivity contribution in [2.24, 2.45) is 0 Å². The summed E-state index contributed by atoms with van der Waals surface area (Å²) in [6.45, 7) is 0.358. The molecule has 0 aliphatic rings. The Balaban J connectivity index is 2.05. The summed E-state index contributed by atoms with van der Waals surface area (Å²) in [5.41, 5.74) is 7.67. The van der Waals surface area contributed by atoms with E-state index >= 15 is 0 Å². The van der Waals surface area contributed by atoms with E-state index in [1.807, 2.05) is 24.3 Å². The zero-order valence-corrected chi connectivity index (χ0v) is 10.5. The Hall–Kier alpha value is -2.56. The maximum Gasteiger partial charge on any atom is 0.339 e. The molecule has 2 aromatic rings. The quantitative estimate of drug-likeness (QED) is 0.671. The zero-order chi connectivity index (χ0) is 13.7. The van der Waals surface area contributed by atoms with Crippen molar-refractivity contribution in [3.63, 3.8) is 0 Å². The van der Waals surface area contributed by atoms with Crippen LogP contribution >= 0.6 is 0 Å². The number of anilines is 1. The Morgan fingerprint density at radius 3 is 2.89 bits per heavy atom. The molecule has 0 spiro atoms. The minimum atomic E-state index is -0.443. The molecule has 5 heteroatoms. The molecule has 0 fully saturated rings. The third-order valence-corrected chi connectivity index (χ3v) is 2.49. The minimum absolute atomic E-state index is 0.354.